The lowest BCUT2D eigenvalue weighted by atomic mass is 10.1. The molecule has 3 rings (SSSR count). The van der Waals surface area contributed by atoms with Gasteiger partial charge >= 0.3 is 0 Å². The number of nitrogens with zero attached hydrogens (tertiary/aromatic N) is 3. The number of carbonyl (C=O) groups is 2. The second-order valence-electron chi connectivity index (χ2n) is 9.99. The molecule has 41 heavy (non-hydrogen) atoms. The summed E-state index contributed by atoms with van der Waals surface area (Å²) in [6.45, 7) is 5.67. The van der Waals surface area contributed by atoms with Gasteiger partial charge in [-0.05, 0) is 42.5 Å². The van der Waals surface area contributed by atoms with Gasteiger partial charge in [-0.3, -0.25) is 24.0 Å². The van der Waals surface area contributed by atoms with E-state index in [4.69, 9.17) is 0 Å². The lowest BCUT2D eigenvalue weighted by molar-refractivity contribution is -0.384. The number of benzene rings is 3. The summed E-state index contributed by atoms with van der Waals surface area (Å²) in [5, 5.41) is 14.4. The second kappa shape index (κ2) is 14.4. The molecule has 0 heterocycles. The molecule has 0 spiro atoms. The van der Waals surface area contributed by atoms with E-state index in [1.807, 2.05) is 44.2 Å². The summed E-state index contributed by atoms with van der Waals surface area (Å²) in [5.41, 5.74) is 0.607. The zero-order valence-corrected chi connectivity index (χ0v) is 24.3. The highest BCUT2D eigenvalue weighted by Gasteiger charge is 2.33. The van der Waals surface area contributed by atoms with E-state index in [0.717, 1.165) is 15.9 Å². The Kier molecular flexibility index (Phi) is 11.0. The summed E-state index contributed by atoms with van der Waals surface area (Å²) < 4.78 is 28.5. The van der Waals surface area contributed by atoms with E-state index in [9.17, 15) is 28.1 Å². The number of hydrogen-bond acceptors (Lipinski definition) is 6. The van der Waals surface area contributed by atoms with Crippen LogP contribution in [0, 0.1) is 16.0 Å². The third-order valence-corrected chi connectivity index (χ3v) is 8.28. The fraction of sp³-hybridized carbons (Fsp3) is 0.333. The molecule has 0 radical (unpaired) electrons. The summed E-state index contributed by atoms with van der Waals surface area (Å²) in [7, 11) is -4.30. The first-order valence-electron chi connectivity index (χ1n) is 13.5. The molecular formula is C30H36N4O6S. The molecule has 0 aliphatic rings. The average molecular weight is 581 g/mol. The van der Waals surface area contributed by atoms with E-state index >= 15 is 0 Å². The highest BCUT2D eigenvalue weighted by Crippen LogP contribution is 2.27. The van der Waals surface area contributed by atoms with Crippen molar-refractivity contribution in [3.05, 3.63) is 101 Å². The summed E-state index contributed by atoms with van der Waals surface area (Å²) >= 11 is 0. The number of hydrogen-bond donors (Lipinski definition) is 1. The molecule has 0 fully saturated rings. The molecule has 0 saturated carbocycles. The number of non-ortho nitro benzene ring substituents is 1. The minimum atomic E-state index is -4.30. The Labute approximate surface area is 241 Å². The number of nitrogens with one attached hydrogen (secondary N) is 1. The first kappa shape index (κ1) is 31.3. The van der Waals surface area contributed by atoms with Crippen LogP contribution in [-0.4, -0.2) is 55.7 Å². The van der Waals surface area contributed by atoms with Crippen LogP contribution in [-0.2, 0) is 26.0 Å². The fourth-order valence-corrected chi connectivity index (χ4v) is 5.76. The van der Waals surface area contributed by atoms with E-state index in [1.165, 1.54) is 35.2 Å². The summed E-state index contributed by atoms with van der Waals surface area (Å²) in [6.07, 6.45) is 0.759. The molecule has 1 atom stereocenters. The Morgan fingerprint density at radius 1 is 0.951 bits per heavy atom. The van der Waals surface area contributed by atoms with Crippen molar-refractivity contribution in [2.75, 3.05) is 23.9 Å². The summed E-state index contributed by atoms with van der Waals surface area (Å²) in [5.74, 6) is -0.723. The smallest absolute Gasteiger partial charge is 0.271 e. The van der Waals surface area contributed by atoms with Gasteiger partial charge in [0.1, 0.15) is 12.6 Å². The number of sulfonamides is 1. The first-order valence-corrected chi connectivity index (χ1v) is 14.9. The normalized spacial score (nSPS) is 12.0. The third kappa shape index (κ3) is 8.37. The van der Waals surface area contributed by atoms with Gasteiger partial charge in [0.2, 0.25) is 11.8 Å². The molecular weight excluding hydrogens is 544 g/mol. The summed E-state index contributed by atoms with van der Waals surface area (Å²) in [6, 6.07) is 21.3. The van der Waals surface area contributed by atoms with Crippen LogP contribution in [0.25, 0.3) is 0 Å². The van der Waals surface area contributed by atoms with Crippen molar-refractivity contribution in [3.63, 3.8) is 0 Å². The van der Waals surface area contributed by atoms with Gasteiger partial charge in [-0.2, -0.15) is 0 Å². The third-order valence-electron chi connectivity index (χ3n) is 6.49. The van der Waals surface area contributed by atoms with Gasteiger partial charge in [0, 0.05) is 25.2 Å². The monoisotopic (exact) mass is 580 g/mol. The van der Waals surface area contributed by atoms with Crippen LogP contribution in [0.4, 0.5) is 11.4 Å². The standard InChI is InChI=1S/C30H36N4O6S/c1-4-28(30(36)31-21-23(2)3)32(19-18-24-12-7-5-8-13-24)29(35)22-33(25-14-11-15-26(20-25)34(37)38)41(39,40)27-16-9-6-10-17-27/h5-17,20,23,28H,4,18-19,21-22H2,1-3H3,(H,31,36)/t28-/m1/s1. The Balaban J connectivity index is 2.03. The van der Waals surface area contributed by atoms with Crippen LogP contribution in [0.5, 0.6) is 0 Å². The predicted octanol–water partition coefficient (Wildman–Crippen LogP) is 4.41. The van der Waals surface area contributed by atoms with E-state index < -0.39 is 33.4 Å². The first-order chi connectivity index (χ1) is 19.5. The Morgan fingerprint density at radius 2 is 1.59 bits per heavy atom. The van der Waals surface area contributed by atoms with Crippen molar-refractivity contribution in [1.29, 1.82) is 0 Å². The Morgan fingerprint density at radius 3 is 2.17 bits per heavy atom. The number of carbonyl (C=O) groups excluding carboxylic acids is 2. The maximum absolute atomic E-state index is 14.0. The maximum atomic E-state index is 14.0. The van der Waals surface area contributed by atoms with Crippen molar-refractivity contribution < 1.29 is 22.9 Å². The van der Waals surface area contributed by atoms with Crippen LogP contribution in [0.2, 0.25) is 0 Å². The lowest BCUT2D eigenvalue weighted by Gasteiger charge is -2.33. The van der Waals surface area contributed by atoms with Gasteiger partial charge in [-0.1, -0.05) is 75.4 Å². The van der Waals surface area contributed by atoms with Crippen molar-refractivity contribution in [2.45, 2.75) is 44.6 Å². The van der Waals surface area contributed by atoms with Gasteiger partial charge in [-0.15, -0.1) is 0 Å². The molecule has 10 nitrogen and oxygen atoms in total. The zero-order valence-electron chi connectivity index (χ0n) is 23.5. The van der Waals surface area contributed by atoms with Crippen LogP contribution in [0.3, 0.4) is 0 Å². The van der Waals surface area contributed by atoms with Crippen LogP contribution in [0.15, 0.2) is 89.8 Å². The molecule has 0 saturated heterocycles. The highest BCUT2D eigenvalue weighted by atomic mass is 32.2. The fourth-order valence-electron chi connectivity index (χ4n) is 4.33. The van der Waals surface area contributed by atoms with Gasteiger partial charge in [-0.25, -0.2) is 8.42 Å². The number of nitro benzene ring substituents is 1. The molecule has 11 heteroatoms. The molecule has 2 amide bonds. The molecule has 1 N–H and O–H groups in total. The van der Waals surface area contributed by atoms with Crippen molar-refractivity contribution in [2.24, 2.45) is 5.92 Å². The number of anilines is 1. The van der Waals surface area contributed by atoms with Crippen molar-refractivity contribution >= 4 is 33.2 Å². The Bertz CT molecular complexity index is 1430. The minimum absolute atomic E-state index is 0.0308. The van der Waals surface area contributed by atoms with Crippen molar-refractivity contribution in [1.82, 2.24) is 10.2 Å². The van der Waals surface area contributed by atoms with E-state index in [-0.39, 0.29) is 34.6 Å². The number of rotatable bonds is 14. The molecule has 0 aliphatic carbocycles. The molecule has 218 valence electrons. The minimum Gasteiger partial charge on any atom is -0.354 e. The molecule has 0 aromatic heterocycles. The van der Waals surface area contributed by atoms with Crippen molar-refractivity contribution in [3.8, 4) is 0 Å². The topological polar surface area (TPSA) is 130 Å². The number of nitro groups is 1. The Hall–Kier alpha value is -4.25. The van der Waals surface area contributed by atoms with Crippen LogP contribution < -0.4 is 9.62 Å². The largest absolute Gasteiger partial charge is 0.354 e. The van der Waals surface area contributed by atoms with E-state index in [1.54, 1.807) is 25.1 Å². The predicted molar refractivity (Wildman–Crippen MR) is 158 cm³/mol. The quantitative estimate of drug-likeness (QED) is 0.222. The number of amides is 2. The lowest BCUT2D eigenvalue weighted by Crippen LogP contribution is -2.53. The second-order valence-corrected chi connectivity index (χ2v) is 11.8. The molecule has 0 aliphatic heterocycles. The van der Waals surface area contributed by atoms with E-state index in [0.29, 0.717) is 19.4 Å². The van der Waals surface area contributed by atoms with Crippen LogP contribution in [0.1, 0.15) is 32.8 Å². The maximum Gasteiger partial charge on any atom is 0.271 e. The molecule has 3 aromatic carbocycles. The SMILES string of the molecule is CC[C@H](C(=O)NCC(C)C)N(CCc1ccccc1)C(=O)CN(c1cccc([N+](=O)[O-])c1)S(=O)(=O)c1ccccc1. The molecule has 3 aromatic rings. The van der Waals surface area contributed by atoms with Gasteiger partial charge in [0.25, 0.3) is 15.7 Å². The molecule has 0 unspecified atom stereocenters. The van der Waals surface area contributed by atoms with Gasteiger partial charge < -0.3 is 10.2 Å². The van der Waals surface area contributed by atoms with Gasteiger partial charge in [0.15, 0.2) is 0 Å². The zero-order chi connectivity index (χ0) is 30.0. The van der Waals surface area contributed by atoms with E-state index in [2.05, 4.69) is 5.32 Å². The van der Waals surface area contributed by atoms with Gasteiger partial charge in [0.05, 0.1) is 15.5 Å². The molecule has 0 bridgehead atoms. The highest BCUT2D eigenvalue weighted by molar-refractivity contribution is 7.92. The summed E-state index contributed by atoms with van der Waals surface area (Å²) in [4.78, 5) is 39.4. The van der Waals surface area contributed by atoms with Crippen LogP contribution >= 0.6 is 0 Å². The average Bonchev–Trinajstić information content (AvgIpc) is 2.97.